The lowest BCUT2D eigenvalue weighted by Gasteiger charge is -2.26. The highest BCUT2D eigenvalue weighted by Gasteiger charge is 2.31. The zero-order valence-electron chi connectivity index (χ0n) is 17.3. The maximum absolute atomic E-state index is 13.5. The highest BCUT2D eigenvalue weighted by atomic mass is 32.2. The van der Waals surface area contributed by atoms with Gasteiger partial charge in [0, 0.05) is 5.56 Å². The van der Waals surface area contributed by atoms with Crippen LogP contribution in [-0.4, -0.2) is 19.3 Å². The van der Waals surface area contributed by atoms with Gasteiger partial charge < -0.3 is 0 Å². The Morgan fingerprint density at radius 3 is 2.09 bits per heavy atom. The van der Waals surface area contributed by atoms with E-state index in [0.29, 0.717) is 0 Å². The lowest BCUT2D eigenvalue weighted by Crippen LogP contribution is -2.34. The minimum atomic E-state index is -3.86. The van der Waals surface area contributed by atoms with Crippen LogP contribution in [0.15, 0.2) is 108 Å². The van der Waals surface area contributed by atoms with Gasteiger partial charge in [0.15, 0.2) is 0 Å². The van der Waals surface area contributed by atoms with E-state index >= 15 is 0 Å². The fourth-order valence-electron chi connectivity index (χ4n) is 3.51. The maximum atomic E-state index is 13.5. The quantitative estimate of drug-likeness (QED) is 0.401. The topological polar surface area (TPSA) is 37.4 Å². The predicted molar refractivity (Wildman–Crippen MR) is 129 cm³/mol. The summed E-state index contributed by atoms with van der Waals surface area (Å²) in [5.74, 6) is 8.85. The van der Waals surface area contributed by atoms with Gasteiger partial charge in [0.25, 0.3) is 0 Å². The molecule has 4 aromatic rings. The fraction of sp³-hybridized carbons (Fsp3) is 0.0714. The summed E-state index contributed by atoms with van der Waals surface area (Å²) < 4.78 is 28.3. The molecule has 0 fully saturated rings. The summed E-state index contributed by atoms with van der Waals surface area (Å²) in [5, 5.41) is 2.20. The van der Waals surface area contributed by atoms with Gasteiger partial charge in [0.1, 0.15) is 6.04 Å². The molecule has 4 heteroatoms. The molecule has 0 saturated heterocycles. The first-order valence-electron chi connectivity index (χ1n) is 10.2. The minimum absolute atomic E-state index is 0.0941. The van der Waals surface area contributed by atoms with Crippen molar-refractivity contribution in [3.63, 3.8) is 0 Å². The van der Waals surface area contributed by atoms with Gasteiger partial charge in [-0.15, -0.1) is 6.42 Å². The molecule has 1 atom stereocenters. The van der Waals surface area contributed by atoms with Gasteiger partial charge in [0.2, 0.25) is 10.0 Å². The smallest absolute Gasteiger partial charge is 0.207 e. The largest absolute Gasteiger partial charge is 0.245 e. The summed E-state index contributed by atoms with van der Waals surface area (Å²) in [6.45, 7) is -0.0941. The van der Waals surface area contributed by atoms with E-state index in [2.05, 4.69) is 17.8 Å². The van der Waals surface area contributed by atoms with Gasteiger partial charge in [-0.25, -0.2) is 8.42 Å². The second-order valence-corrected chi connectivity index (χ2v) is 9.10. The predicted octanol–water partition coefficient (Wildman–Crippen LogP) is 5.26. The van der Waals surface area contributed by atoms with E-state index in [1.54, 1.807) is 30.3 Å². The first-order chi connectivity index (χ1) is 15.6. The number of nitrogens with zero attached hydrogens (tertiary/aromatic N) is 1. The van der Waals surface area contributed by atoms with Crippen molar-refractivity contribution in [3.8, 4) is 24.2 Å². The van der Waals surface area contributed by atoms with Crippen LogP contribution in [0.2, 0.25) is 0 Å². The molecule has 0 aromatic heterocycles. The molecule has 156 valence electrons. The van der Waals surface area contributed by atoms with Crippen molar-refractivity contribution in [1.82, 2.24) is 4.31 Å². The maximum Gasteiger partial charge on any atom is 0.245 e. The monoisotopic (exact) mass is 435 g/mol. The van der Waals surface area contributed by atoms with Crippen LogP contribution in [-0.2, 0) is 10.0 Å². The van der Waals surface area contributed by atoms with Crippen molar-refractivity contribution < 1.29 is 8.42 Å². The zero-order valence-corrected chi connectivity index (χ0v) is 18.2. The first-order valence-corrected chi connectivity index (χ1v) is 11.6. The van der Waals surface area contributed by atoms with E-state index in [1.165, 1.54) is 4.31 Å². The molecular weight excluding hydrogens is 414 g/mol. The summed E-state index contributed by atoms with van der Waals surface area (Å²) >= 11 is 0. The first kappa shape index (κ1) is 21.4. The van der Waals surface area contributed by atoms with Gasteiger partial charge in [-0.2, -0.15) is 4.31 Å². The molecule has 0 saturated carbocycles. The van der Waals surface area contributed by atoms with Crippen LogP contribution < -0.4 is 0 Å². The third-order valence-electron chi connectivity index (χ3n) is 5.10. The lowest BCUT2D eigenvalue weighted by atomic mass is 10.0. The number of hydrogen-bond acceptors (Lipinski definition) is 2. The van der Waals surface area contributed by atoms with Gasteiger partial charge in [0.05, 0.1) is 11.4 Å². The van der Waals surface area contributed by atoms with E-state index in [-0.39, 0.29) is 11.4 Å². The number of rotatable bonds is 5. The van der Waals surface area contributed by atoms with Crippen LogP contribution >= 0.6 is 0 Å². The molecule has 0 spiro atoms. The Morgan fingerprint density at radius 1 is 0.781 bits per heavy atom. The fourth-order valence-corrected chi connectivity index (χ4v) is 4.98. The average molecular weight is 436 g/mol. The van der Waals surface area contributed by atoms with E-state index in [1.807, 2.05) is 72.8 Å². The Bertz CT molecular complexity index is 1430. The molecule has 0 amide bonds. The molecular formula is C28H21NO2S. The van der Waals surface area contributed by atoms with Crippen molar-refractivity contribution in [2.24, 2.45) is 0 Å². The summed E-state index contributed by atoms with van der Waals surface area (Å²) in [7, 11) is -3.86. The molecule has 1 unspecified atom stereocenters. The number of sulfonamides is 1. The van der Waals surface area contributed by atoms with Gasteiger partial charge in [-0.1, -0.05) is 96.6 Å². The molecule has 4 aromatic carbocycles. The molecule has 0 aliphatic rings. The highest BCUT2D eigenvalue weighted by molar-refractivity contribution is 7.89. The van der Waals surface area contributed by atoms with Crippen molar-refractivity contribution in [2.75, 3.05) is 6.54 Å². The number of hydrogen-bond donors (Lipinski definition) is 0. The molecule has 0 N–H and O–H groups in total. The number of terminal acetylenes is 1. The summed E-state index contributed by atoms with van der Waals surface area (Å²) in [5.41, 5.74) is 1.57. The second-order valence-electron chi connectivity index (χ2n) is 7.21. The standard InChI is InChI=1S/C28H21NO2S/c1-2-21-29(32(30,31)27-15-7-4-8-16-27)28(25-12-5-3-6-13-25)20-18-23-17-19-24-11-9-10-14-26(24)22-23/h1,3-17,19,22,28H,21H2. The summed E-state index contributed by atoms with van der Waals surface area (Å²) in [6, 6.07) is 30.9. The molecule has 0 aliphatic heterocycles. The Balaban J connectivity index is 1.81. The van der Waals surface area contributed by atoms with Crippen molar-refractivity contribution in [2.45, 2.75) is 10.9 Å². The van der Waals surface area contributed by atoms with E-state index < -0.39 is 16.1 Å². The average Bonchev–Trinajstić information content (AvgIpc) is 2.84. The number of benzene rings is 4. The third-order valence-corrected chi connectivity index (χ3v) is 6.93. The Morgan fingerprint density at radius 2 is 1.41 bits per heavy atom. The van der Waals surface area contributed by atoms with Crippen LogP contribution in [0.4, 0.5) is 0 Å². The van der Waals surface area contributed by atoms with E-state index in [9.17, 15) is 8.42 Å². The van der Waals surface area contributed by atoms with Crippen LogP contribution in [0, 0.1) is 24.2 Å². The third kappa shape index (κ3) is 4.58. The minimum Gasteiger partial charge on any atom is -0.207 e. The van der Waals surface area contributed by atoms with Crippen molar-refractivity contribution in [1.29, 1.82) is 0 Å². The van der Waals surface area contributed by atoms with Gasteiger partial charge >= 0.3 is 0 Å². The van der Waals surface area contributed by atoms with Crippen LogP contribution in [0.5, 0.6) is 0 Å². The summed E-state index contributed by atoms with van der Waals surface area (Å²) in [6.07, 6.45) is 5.59. The zero-order chi connectivity index (χ0) is 22.4. The van der Waals surface area contributed by atoms with Crippen molar-refractivity contribution in [3.05, 3.63) is 114 Å². The molecule has 0 radical (unpaired) electrons. The molecule has 0 bridgehead atoms. The normalized spacial score (nSPS) is 12.0. The van der Waals surface area contributed by atoms with Crippen LogP contribution in [0.1, 0.15) is 17.2 Å². The van der Waals surface area contributed by atoms with E-state index in [0.717, 1.165) is 21.9 Å². The SMILES string of the molecule is C#CCN(C(C#Cc1ccc2ccccc2c1)c1ccccc1)S(=O)(=O)c1ccccc1. The van der Waals surface area contributed by atoms with Gasteiger partial charge in [-0.05, 0) is 40.6 Å². The Labute approximate surface area is 189 Å². The van der Waals surface area contributed by atoms with Gasteiger partial charge in [-0.3, -0.25) is 0 Å². The second kappa shape index (κ2) is 9.54. The van der Waals surface area contributed by atoms with Crippen LogP contribution in [0.3, 0.4) is 0 Å². The van der Waals surface area contributed by atoms with E-state index in [4.69, 9.17) is 6.42 Å². The summed E-state index contributed by atoms with van der Waals surface area (Å²) in [4.78, 5) is 0.184. The van der Waals surface area contributed by atoms with Crippen molar-refractivity contribution >= 4 is 20.8 Å². The Hall–Kier alpha value is -3.83. The number of fused-ring (bicyclic) bond motifs is 1. The Kier molecular flexibility index (Phi) is 6.38. The van der Waals surface area contributed by atoms with Crippen LogP contribution in [0.25, 0.3) is 10.8 Å². The molecule has 0 aliphatic carbocycles. The lowest BCUT2D eigenvalue weighted by molar-refractivity contribution is 0.410. The molecule has 3 nitrogen and oxygen atoms in total. The molecule has 0 heterocycles. The molecule has 4 rings (SSSR count). The highest BCUT2D eigenvalue weighted by Crippen LogP contribution is 2.27. The molecule has 32 heavy (non-hydrogen) atoms.